The average molecular weight is 284 g/mol. The van der Waals surface area contributed by atoms with Gasteiger partial charge in [0.25, 0.3) is 0 Å². The first-order valence-corrected chi connectivity index (χ1v) is 7.40. The Balaban J connectivity index is 2.11. The third-order valence-corrected chi connectivity index (χ3v) is 3.31. The second-order valence-electron chi connectivity index (χ2n) is 5.05. The number of hydrogen-bond donors (Lipinski definition) is 0. The minimum atomic E-state index is -0.439. The Morgan fingerprint density at radius 2 is 2.19 bits per heavy atom. The number of carbonyl (C=O) groups excluding carboxylic acids is 1. The Labute approximate surface area is 125 Å². The molecule has 0 atom stereocenters. The fourth-order valence-corrected chi connectivity index (χ4v) is 2.26. The largest absolute Gasteiger partial charge is 0.457 e. The van der Waals surface area contributed by atoms with Crippen molar-refractivity contribution < 1.29 is 13.9 Å². The lowest BCUT2D eigenvalue weighted by Crippen LogP contribution is -2.06. The van der Waals surface area contributed by atoms with E-state index in [1.807, 2.05) is 18.2 Å². The quantitative estimate of drug-likeness (QED) is 0.325. The normalized spacial score (nSPS) is 10.5. The van der Waals surface area contributed by atoms with Gasteiger partial charge < -0.3 is 9.15 Å². The predicted octanol–water partition coefficient (Wildman–Crippen LogP) is 4.48. The number of furan rings is 1. The topological polar surface area (TPSA) is 39.4 Å². The van der Waals surface area contributed by atoms with Crippen LogP contribution in [0.4, 0.5) is 0 Å². The van der Waals surface area contributed by atoms with Crippen LogP contribution in [0.1, 0.15) is 44.8 Å². The Morgan fingerprint density at radius 1 is 1.33 bits per heavy atom. The van der Waals surface area contributed by atoms with Gasteiger partial charge in [0.2, 0.25) is 0 Å². The second-order valence-corrected chi connectivity index (χ2v) is 5.05. The van der Waals surface area contributed by atoms with Crippen LogP contribution in [-0.4, -0.2) is 5.97 Å². The van der Waals surface area contributed by atoms with Crippen molar-refractivity contribution in [1.82, 2.24) is 0 Å². The summed E-state index contributed by atoms with van der Waals surface area (Å²) in [5.74, 6) is 3.21. The molecule has 3 nitrogen and oxygen atoms in total. The molecule has 0 aliphatic heterocycles. The van der Waals surface area contributed by atoms with E-state index in [9.17, 15) is 4.79 Å². The van der Waals surface area contributed by atoms with Crippen molar-refractivity contribution in [2.75, 3.05) is 0 Å². The molecule has 0 bridgehead atoms. The van der Waals surface area contributed by atoms with Gasteiger partial charge in [0.1, 0.15) is 12.2 Å². The summed E-state index contributed by atoms with van der Waals surface area (Å²) in [7, 11) is 0. The molecule has 0 N–H and O–H groups in total. The molecule has 1 heterocycles. The highest BCUT2D eigenvalue weighted by molar-refractivity contribution is 5.86. The highest BCUT2D eigenvalue weighted by Gasteiger charge is 2.12. The zero-order valence-corrected chi connectivity index (χ0v) is 12.4. The van der Waals surface area contributed by atoms with Gasteiger partial charge in [-0.2, -0.15) is 0 Å². The fourth-order valence-electron chi connectivity index (χ4n) is 2.26. The summed E-state index contributed by atoms with van der Waals surface area (Å²) in [6.07, 6.45) is 10.8. The first-order chi connectivity index (χ1) is 10.2. The van der Waals surface area contributed by atoms with Gasteiger partial charge in [0.05, 0.1) is 0 Å². The van der Waals surface area contributed by atoms with Gasteiger partial charge in [-0.3, -0.25) is 4.79 Å². The average Bonchev–Trinajstić information content (AvgIpc) is 2.88. The summed E-state index contributed by atoms with van der Waals surface area (Å²) < 4.78 is 11.1. The fraction of sp³-hybridized carbons (Fsp3) is 0.389. The molecule has 2 rings (SSSR count). The van der Waals surface area contributed by atoms with Crippen LogP contribution < -0.4 is 4.74 Å². The van der Waals surface area contributed by atoms with Crippen LogP contribution in [0, 0.1) is 12.3 Å². The smallest absolute Gasteiger partial charge is 0.323 e. The molecule has 2 aromatic rings. The van der Waals surface area contributed by atoms with E-state index in [0.717, 1.165) is 24.0 Å². The molecule has 1 aromatic heterocycles. The minimum Gasteiger partial charge on any atom is -0.457 e. The Hall–Kier alpha value is -2.21. The molecule has 0 aliphatic carbocycles. The maximum Gasteiger partial charge on any atom is 0.323 e. The number of terminal acetylenes is 1. The van der Waals surface area contributed by atoms with Crippen LogP contribution in [0.2, 0.25) is 0 Å². The van der Waals surface area contributed by atoms with Crippen molar-refractivity contribution in [2.45, 2.75) is 45.4 Å². The summed E-state index contributed by atoms with van der Waals surface area (Å²) in [5, 5.41) is 0.950. The van der Waals surface area contributed by atoms with E-state index in [1.165, 1.54) is 19.3 Å². The summed E-state index contributed by atoms with van der Waals surface area (Å²) in [6, 6.07) is 7.53. The molecule has 1 aromatic carbocycles. The standard InChI is InChI=1S/C18H20O3/c1-3-5-6-7-11-15-13-14-10-8-12-16(18(14)20-15)21-17(19)9-4-2/h2,8,10,12-13H,3,5-7,9,11H2,1H3. The number of aryl methyl sites for hydroxylation is 1. The summed E-state index contributed by atoms with van der Waals surface area (Å²) in [4.78, 5) is 11.5. The number of rotatable bonds is 7. The molecular formula is C18H20O3. The van der Waals surface area contributed by atoms with Gasteiger partial charge in [-0.1, -0.05) is 44.2 Å². The molecule has 0 spiro atoms. The Kier molecular flexibility index (Phi) is 5.45. The van der Waals surface area contributed by atoms with Crippen LogP contribution in [0.5, 0.6) is 5.75 Å². The van der Waals surface area contributed by atoms with Gasteiger partial charge in [0.15, 0.2) is 11.3 Å². The first kappa shape index (κ1) is 15.2. The molecule has 0 amide bonds. The molecule has 0 radical (unpaired) electrons. The van der Waals surface area contributed by atoms with E-state index < -0.39 is 5.97 Å². The minimum absolute atomic E-state index is 0.0407. The monoisotopic (exact) mass is 284 g/mol. The van der Waals surface area contributed by atoms with Crippen LogP contribution in [0.25, 0.3) is 11.0 Å². The Bertz CT molecular complexity index is 646. The number of carbonyl (C=O) groups is 1. The molecule has 3 heteroatoms. The SMILES string of the molecule is C#CCC(=O)Oc1cccc2cc(CCCCCC)oc12. The van der Waals surface area contributed by atoms with Crippen molar-refractivity contribution in [3.8, 4) is 18.1 Å². The van der Waals surface area contributed by atoms with E-state index in [1.54, 1.807) is 6.07 Å². The van der Waals surface area contributed by atoms with Crippen LogP contribution in [0.3, 0.4) is 0 Å². The lowest BCUT2D eigenvalue weighted by molar-refractivity contribution is -0.133. The molecular weight excluding hydrogens is 264 g/mol. The lowest BCUT2D eigenvalue weighted by atomic mass is 10.1. The summed E-state index contributed by atoms with van der Waals surface area (Å²) in [5.41, 5.74) is 0.619. The molecule has 0 aliphatic rings. The first-order valence-electron chi connectivity index (χ1n) is 7.40. The second kappa shape index (κ2) is 7.54. The number of unbranched alkanes of at least 4 members (excludes halogenated alkanes) is 3. The van der Waals surface area contributed by atoms with Gasteiger partial charge in [-0.15, -0.1) is 6.42 Å². The number of hydrogen-bond acceptors (Lipinski definition) is 3. The number of para-hydroxylation sites is 1. The third kappa shape index (κ3) is 4.13. The highest BCUT2D eigenvalue weighted by atomic mass is 16.5. The zero-order chi connectivity index (χ0) is 15.1. The van der Waals surface area contributed by atoms with Crippen molar-refractivity contribution in [2.24, 2.45) is 0 Å². The van der Waals surface area contributed by atoms with Gasteiger partial charge in [-0.05, 0) is 18.6 Å². The lowest BCUT2D eigenvalue weighted by Gasteiger charge is -2.02. The van der Waals surface area contributed by atoms with E-state index in [-0.39, 0.29) is 6.42 Å². The van der Waals surface area contributed by atoms with E-state index in [4.69, 9.17) is 15.6 Å². The molecule has 0 unspecified atom stereocenters. The van der Waals surface area contributed by atoms with E-state index >= 15 is 0 Å². The molecule has 21 heavy (non-hydrogen) atoms. The van der Waals surface area contributed by atoms with E-state index in [2.05, 4.69) is 12.8 Å². The van der Waals surface area contributed by atoms with Crippen LogP contribution in [-0.2, 0) is 11.2 Å². The summed E-state index contributed by atoms with van der Waals surface area (Å²) in [6.45, 7) is 2.19. The van der Waals surface area contributed by atoms with Gasteiger partial charge in [0, 0.05) is 11.8 Å². The molecule has 0 saturated heterocycles. The maximum absolute atomic E-state index is 11.5. The maximum atomic E-state index is 11.5. The van der Waals surface area contributed by atoms with Gasteiger partial charge >= 0.3 is 5.97 Å². The number of ether oxygens (including phenoxy) is 1. The van der Waals surface area contributed by atoms with Crippen LogP contribution >= 0.6 is 0 Å². The van der Waals surface area contributed by atoms with Gasteiger partial charge in [-0.25, -0.2) is 0 Å². The molecule has 0 saturated carbocycles. The number of benzene rings is 1. The van der Waals surface area contributed by atoms with Crippen molar-refractivity contribution in [3.05, 3.63) is 30.0 Å². The number of esters is 1. The third-order valence-electron chi connectivity index (χ3n) is 3.31. The Morgan fingerprint density at radius 3 is 2.95 bits per heavy atom. The predicted molar refractivity (Wildman–Crippen MR) is 83.1 cm³/mol. The summed E-state index contributed by atoms with van der Waals surface area (Å²) >= 11 is 0. The highest BCUT2D eigenvalue weighted by Crippen LogP contribution is 2.29. The zero-order valence-electron chi connectivity index (χ0n) is 12.4. The van der Waals surface area contributed by atoms with Crippen LogP contribution in [0.15, 0.2) is 28.7 Å². The van der Waals surface area contributed by atoms with Crippen molar-refractivity contribution in [1.29, 1.82) is 0 Å². The van der Waals surface area contributed by atoms with E-state index in [0.29, 0.717) is 11.3 Å². The van der Waals surface area contributed by atoms with Crippen molar-refractivity contribution in [3.63, 3.8) is 0 Å². The molecule has 0 fully saturated rings. The molecule has 110 valence electrons. The number of fused-ring (bicyclic) bond motifs is 1. The van der Waals surface area contributed by atoms with Crippen molar-refractivity contribution >= 4 is 16.9 Å².